The van der Waals surface area contributed by atoms with Crippen molar-refractivity contribution in [2.45, 2.75) is 19.5 Å². The topological polar surface area (TPSA) is 38.5 Å². The van der Waals surface area contributed by atoms with E-state index < -0.39 is 0 Å². The van der Waals surface area contributed by atoms with Crippen molar-refractivity contribution >= 4 is 0 Å². The van der Waals surface area contributed by atoms with E-state index in [1.165, 1.54) is 12.1 Å². The second kappa shape index (κ2) is 5.73. The van der Waals surface area contributed by atoms with Gasteiger partial charge in [0.2, 0.25) is 5.89 Å². The fraction of sp³-hybridized carbons (Fsp3) is 0.400. The molecule has 3 rings (SSSR count). The molecule has 1 aliphatic rings. The average Bonchev–Trinajstić information content (AvgIpc) is 2.91. The molecule has 5 heteroatoms. The summed E-state index contributed by atoms with van der Waals surface area (Å²) >= 11 is 0. The van der Waals surface area contributed by atoms with E-state index in [2.05, 4.69) is 16.8 Å². The maximum atomic E-state index is 12.9. The lowest BCUT2D eigenvalue weighted by Crippen LogP contribution is -2.42. The highest BCUT2D eigenvalue weighted by molar-refractivity contribution is 5.52. The van der Waals surface area contributed by atoms with E-state index in [0.717, 1.165) is 37.6 Å². The fourth-order valence-electron chi connectivity index (χ4n) is 2.31. The van der Waals surface area contributed by atoms with Gasteiger partial charge in [0, 0.05) is 24.7 Å². The summed E-state index contributed by atoms with van der Waals surface area (Å²) in [7, 11) is 0. The molecule has 2 aromatic rings. The van der Waals surface area contributed by atoms with E-state index in [-0.39, 0.29) is 5.82 Å². The minimum Gasteiger partial charge on any atom is -0.444 e. The number of hydrogen-bond donors (Lipinski definition) is 0. The zero-order valence-corrected chi connectivity index (χ0v) is 11.4. The van der Waals surface area contributed by atoms with Crippen LogP contribution in [-0.4, -0.2) is 35.7 Å². The van der Waals surface area contributed by atoms with Crippen LogP contribution in [0.15, 0.2) is 34.9 Å². The highest BCUT2D eigenvalue weighted by Gasteiger charge is 2.20. The van der Waals surface area contributed by atoms with Crippen molar-refractivity contribution < 1.29 is 13.5 Å². The molecule has 0 spiro atoms. The second-order valence-corrected chi connectivity index (χ2v) is 5.05. The van der Waals surface area contributed by atoms with Crippen LogP contribution in [0.3, 0.4) is 0 Å². The number of ether oxygens (including phenoxy) is 1. The van der Waals surface area contributed by atoms with Crippen LogP contribution in [-0.2, 0) is 11.3 Å². The lowest BCUT2D eigenvalue weighted by molar-refractivity contribution is -0.00491. The zero-order valence-electron chi connectivity index (χ0n) is 11.4. The molecule has 20 heavy (non-hydrogen) atoms. The van der Waals surface area contributed by atoms with Gasteiger partial charge in [0.05, 0.1) is 18.9 Å². The van der Waals surface area contributed by atoms with Gasteiger partial charge in [-0.05, 0) is 31.2 Å². The Morgan fingerprint density at radius 3 is 2.90 bits per heavy atom. The molecule has 4 nitrogen and oxygen atoms in total. The first-order chi connectivity index (χ1) is 9.72. The smallest absolute Gasteiger partial charge is 0.226 e. The Bertz CT molecular complexity index is 568. The average molecular weight is 276 g/mol. The van der Waals surface area contributed by atoms with E-state index in [0.29, 0.717) is 11.9 Å². The summed E-state index contributed by atoms with van der Waals surface area (Å²) in [6.45, 7) is 5.30. The third-order valence-electron chi connectivity index (χ3n) is 3.51. The molecule has 1 saturated heterocycles. The van der Waals surface area contributed by atoms with Crippen LogP contribution in [0, 0.1) is 5.82 Å². The summed E-state index contributed by atoms with van der Waals surface area (Å²) in [5.74, 6) is 0.267. The number of hydrogen-bond acceptors (Lipinski definition) is 4. The predicted octanol–water partition coefficient (Wildman–Crippen LogP) is 2.70. The molecule has 1 aromatic heterocycles. The number of aromatic nitrogens is 1. The summed E-state index contributed by atoms with van der Waals surface area (Å²) < 4.78 is 23.8. The van der Waals surface area contributed by atoms with Crippen molar-refractivity contribution in [2.24, 2.45) is 0 Å². The van der Waals surface area contributed by atoms with E-state index in [1.54, 1.807) is 18.4 Å². The second-order valence-electron chi connectivity index (χ2n) is 5.05. The maximum Gasteiger partial charge on any atom is 0.226 e. The van der Waals surface area contributed by atoms with Crippen LogP contribution in [0.1, 0.15) is 12.6 Å². The zero-order chi connectivity index (χ0) is 13.9. The van der Waals surface area contributed by atoms with Gasteiger partial charge in [-0.2, -0.15) is 0 Å². The van der Waals surface area contributed by atoms with Gasteiger partial charge in [0.25, 0.3) is 0 Å². The van der Waals surface area contributed by atoms with Gasteiger partial charge in [0.1, 0.15) is 12.1 Å². The molecule has 1 aliphatic heterocycles. The largest absolute Gasteiger partial charge is 0.444 e. The maximum absolute atomic E-state index is 12.9. The Labute approximate surface area is 117 Å². The first-order valence-corrected chi connectivity index (χ1v) is 6.74. The SMILES string of the molecule is CC1COCCN1Cc1coc(-c2ccc(F)cc2)n1. The molecular formula is C15H17FN2O2. The summed E-state index contributed by atoms with van der Waals surface area (Å²) in [5, 5.41) is 0. The Morgan fingerprint density at radius 1 is 1.35 bits per heavy atom. The molecule has 1 unspecified atom stereocenters. The minimum absolute atomic E-state index is 0.261. The number of rotatable bonds is 3. The van der Waals surface area contributed by atoms with Crippen LogP contribution >= 0.6 is 0 Å². The molecule has 0 aliphatic carbocycles. The van der Waals surface area contributed by atoms with Crippen molar-refractivity contribution in [3.63, 3.8) is 0 Å². The van der Waals surface area contributed by atoms with Gasteiger partial charge in [-0.1, -0.05) is 0 Å². The summed E-state index contributed by atoms with van der Waals surface area (Å²) in [6, 6.07) is 6.53. The number of morpholine rings is 1. The normalized spacial score (nSPS) is 20.2. The molecule has 1 fully saturated rings. The fourth-order valence-corrected chi connectivity index (χ4v) is 2.31. The van der Waals surface area contributed by atoms with Crippen LogP contribution in [0.5, 0.6) is 0 Å². The number of halogens is 1. The molecule has 1 aromatic carbocycles. The first kappa shape index (κ1) is 13.3. The third-order valence-corrected chi connectivity index (χ3v) is 3.51. The minimum atomic E-state index is -0.261. The Hall–Kier alpha value is -1.72. The van der Waals surface area contributed by atoms with Crippen molar-refractivity contribution in [1.82, 2.24) is 9.88 Å². The molecule has 0 N–H and O–H groups in total. The van der Waals surface area contributed by atoms with Crippen LogP contribution in [0.2, 0.25) is 0 Å². The molecule has 0 radical (unpaired) electrons. The first-order valence-electron chi connectivity index (χ1n) is 6.74. The van der Waals surface area contributed by atoms with Crippen LogP contribution in [0.25, 0.3) is 11.5 Å². The van der Waals surface area contributed by atoms with Crippen molar-refractivity contribution in [3.05, 3.63) is 42.0 Å². The van der Waals surface area contributed by atoms with Gasteiger partial charge in [-0.3, -0.25) is 4.90 Å². The molecule has 2 heterocycles. The summed E-state index contributed by atoms with van der Waals surface area (Å²) in [6.07, 6.45) is 1.67. The van der Waals surface area contributed by atoms with E-state index in [9.17, 15) is 4.39 Å². The molecule has 0 bridgehead atoms. The number of nitrogens with zero attached hydrogens (tertiary/aromatic N) is 2. The Morgan fingerprint density at radius 2 is 2.15 bits per heavy atom. The van der Waals surface area contributed by atoms with Gasteiger partial charge >= 0.3 is 0 Å². The molecule has 0 saturated carbocycles. The molecule has 106 valence electrons. The lowest BCUT2D eigenvalue weighted by Gasteiger charge is -2.32. The number of benzene rings is 1. The molecular weight excluding hydrogens is 259 g/mol. The Kier molecular flexibility index (Phi) is 3.80. The highest BCUT2D eigenvalue weighted by Crippen LogP contribution is 2.20. The molecule has 1 atom stereocenters. The Balaban J connectivity index is 1.71. The van der Waals surface area contributed by atoms with Crippen molar-refractivity contribution in [1.29, 1.82) is 0 Å². The lowest BCUT2D eigenvalue weighted by atomic mass is 10.2. The summed E-state index contributed by atoms with van der Waals surface area (Å²) in [5.41, 5.74) is 1.67. The van der Waals surface area contributed by atoms with Gasteiger partial charge in [0.15, 0.2) is 0 Å². The van der Waals surface area contributed by atoms with Gasteiger partial charge in [-0.15, -0.1) is 0 Å². The van der Waals surface area contributed by atoms with E-state index in [4.69, 9.17) is 9.15 Å². The standard InChI is InChI=1S/C15H17FN2O2/c1-11-9-19-7-6-18(11)8-14-10-20-15(17-14)12-2-4-13(16)5-3-12/h2-5,10-11H,6-9H2,1H3. The third kappa shape index (κ3) is 2.89. The van der Waals surface area contributed by atoms with Crippen LogP contribution < -0.4 is 0 Å². The van der Waals surface area contributed by atoms with Crippen LogP contribution in [0.4, 0.5) is 4.39 Å². The monoisotopic (exact) mass is 276 g/mol. The predicted molar refractivity (Wildman–Crippen MR) is 72.6 cm³/mol. The van der Waals surface area contributed by atoms with E-state index in [1.807, 2.05) is 0 Å². The number of oxazole rings is 1. The van der Waals surface area contributed by atoms with Gasteiger partial charge < -0.3 is 9.15 Å². The van der Waals surface area contributed by atoms with Crippen molar-refractivity contribution in [3.8, 4) is 11.5 Å². The van der Waals surface area contributed by atoms with Crippen molar-refractivity contribution in [2.75, 3.05) is 19.8 Å². The molecule has 0 amide bonds. The van der Waals surface area contributed by atoms with Gasteiger partial charge in [-0.25, -0.2) is 9.37 Å². The highest BCUT2D eigenvalue weighted by atomic mass is 19.1. The summed E-state index contributed by atoms with van der Waals surface area (Å²) in [4.78, 5) is 6.78. The quantitative estimate of drug-likeness (QED) is 0.864. The van der Waals surface area contributed by atoms with E-state index >= 15 is 0 Å².